The third-order valence-electron chi connectivity index (χ3n) is 7.59. The molecule has 0 aliphatic heterocycles. The predicted octanol–water partition coefficient (Wildman–Crippen LogP) is 7.77. The van der Waals surface area contributed by atoms with Gasteiger partial charge >= 0.3 is 11.9 Å². The molecule has 2 atom stereocenters. The van der Waals surface area contributed by atoms with Crippen molar-refractivity contribution in [3.63, 3.8) is 0 Å². The lowest BCUT2D eigenvalue weighted by molar-refractivity contribution is -0.150. The first-order chi connectivity index (χ1) is 26.7. The molecule has 0 amide bonds. The van der Waals surface area contributed by atoms with Crippen LogP contribution in [0.2, 0.25) is 0 Å². The molecule has 2 N–H and O–H groups in total. The number of nitrogens with zero attached hydrogens (tertiary/aromatic N) is 2. The van der Waals surface area contributed by atoms with E-state index >= 15 is 0 Å². The number of carboxylic acid groups (broad SMARTS) is 2. The van der Waals surface area contributed by atoms with Gasteiger partial charge in [-0.2, -0.15) is 0 Å². The third kappa shape index (κ3) is 18.2. The van der Waals surface area contributed by atoms with Crippen molar-refractivity contribution in [1.82, 2.24) is 0 Å². The summed E-state index contributed by atoms with van der Waals surface area (Å²) in [6.45, 7) is 9.58. The Labute approximate surface area is 323 Å². The lowest BCUT2D eigenvalue weighted by Gasteiger charge is -2.13. The monoisotopic (exact) mass is 756 g/mol. The first kappa shape index (κ1) is 43.7. The molecule has 0 aromatic heterocycles. The maximum absolute atomic E-state index is 11.3. The Kier molecular flexibility index (Phi) is 20.1. The first-order valence-corrected chi connectivity index (χ1v) is 18.2. The highest BCUT2D eigenvalue weighted by molar-refractivity contribution is 5.83. The fraction of sp³-hybridized carbons (Fsp3) is 0.349. The van der Waals surface area contributed by atoms with E-state index in [1.54, 1.807) is 6.92 Å². The van der Waals surface area contributed by atoms with Gasteiger partial charge in [-0.3, -0.25) is 0 Å². The average molecular weight is 757 g/mol. The number of ether oxygens (including phenoxy) is 4. The van der Waals surface area contributed by atoms with Crippen molar-refractivity contribution in [2.24, 2.45) is 10.3 Å². The van der Waals surface area contributed by atoms with Crippen molar-refractivity contribution in [2.75, 3.05) is 26.4 Å². The van der Waals surface area contributed by atoms with Crippen molar-refractivity contribution < 1.29 is 48.4 Å². The number of hydrogen-bond acceptors (Lipinski definition) is 10. The molecular formula is C43H52N2O10. The summed E-state index contributed by atoms with van der Waals surface area (Å²) >= 11 is 0. The zero-order chi connectivity index (χ0) is 39.7. The van der Waals surface area contributed by atoms with E-state index in [0.29, 0.717) is 56.7 Å². The van der Waals surface area contributed by atoms with Gasteiger partial charge in [-0.1, -0.05) is 102 Å². The second-order valence-corrected chi connectivity index (χ2v) is 12.4. The highest BCUT2D eigenvalue weighted by Crippen LogP contribution is 2.17. The van der Waals surface area contributed by atoms with Crippen molar-refractivity contribution in [2.45, 2.75) is 72.4 Å². The molecule has 12 nitrogen and oxygen atoms in total. The summed E-state index contributed by atoms with van der Waals surface area (Å²) in [5, 5.41) is 26.5. The molecule has 0 fully saturated rings. The first-order valence-electron chi connectivity index (χ1n) is 18.2. The van der Waals surface area contributed by atoms with Crippen LogP contribution in [0, 0.1) is 0 Å². The van der Waals surface area contributed by atoms with E-state index < -0.39 is 24.1 Å². The molecule has 0 heterocycles. The normalized spacial score (nSPS) is 12.4. The molecule has 4 aromatic carbocycles. The fourth-order valence-corrected chi connectivity index (χ4v) is 4.82. The smallest absolute Gasteiger partial charge is 0.333 e. The minimum absolute atomic E-state index is 0.284. The standard InChI is InChI=1S/C22H27NO5.C21H25NO5/c1-3-13-26-21(22(24)25)14-18-9-11-20(12-10-18)27-15-17(2)23-28-16-19-7-5-4-6-8-19;1-3-25-20(21(23)24)13-18-10-7-11-19(12-18)26-14-16(2)22-27-15-17-8-5-4-6-9-17/h4-12,21H,3,13-16H2,1-2H3,(H,24,25);4-12,20H,3,13-15H2,1-2H3,(H,23,24). The van der Waals surface area contributed by atoms with Gasteiger partial charge in [0.1, 0.15) is 37.9 Å². The molecule has 0 spiro atoms. The van der Waals surface area contributed by atoms with Gasteiger partial charge in [0.25, 0.3) is 0 Å². The summed E-state index contributed by atoms with van der Waals surface area (Å²) in [5.41, 5.74) is 5.24. The molecule has 0 saturated heterocycles. The van der Waals surface area contributed by atoms with E-state index in [2.05, 4.69) is 10.3 Å². The molecule has 2 unspecified atom stereocenters. The van der Waals surface area contributed by atoms with Crippen LogP contribution in [0.15, 0.2) is 120 Å². The minimum Gasteiger partial charge on any atom is -0.488 e. The zero-order valence-electron chi connectivity index (χ0n) is 32.0. The van der Waals surface area contributed by atoms with E-state index in [0.717, 1.165) is 34.4 Å². The molecule has 0 radical (unpaired) electrons. The summed E-state index contributed by atoms with van der Waals surface area (Å²) in [4.78, 5) is 33.1. The summed E-state index contributed by atoms with van der Waals surface area (Å²) in [5.74, 6) is -0.591. The van der Waals surface area contributed by atoms with Gasteiger partial charge in [0.05, 0.1) is 11.4 Å². The Hall–Kier alpha value is -5.72. The summed E-state index contributed by atoms with van der Waals surface area (Å²) < 4.78 is 22.0. The Bertz CT molecular complexity index is 1750. The van der Waals surface area contributed by atoms with Crippen LogP contribution in [-0.4, -0.2) is 72.2 Å². The van der Waals surface area contributed by atoms with Crippen LogP contribution in [0.5, 0.6) is 11.5 Å². The average Bonchev–Trinajstić information content (AvgIpc) is 3.19. The number of rotatable bonds is 23. The third-order valence-corrected chi connectivity index (χ3v) is 7.59. The van der Waals surface area contributed by atoms with Crippen LogP contribution < -0.4 is 9.47 Å². The molecule has 0 aliphatic rings. The Morgan fingerprint density at radius 3 is 1.58 bits per heavy atom. The number of hydrogen-bond donors (Lipinski definition) is 2. The number of carbonyl (C=O) groups is 2. The topological polar surface area (TPSA) is 155 Å². The van der Waals surface area contributed by atoms with Crippen LogP contribution >= 0.6 is 0 Å². The highest BCUT2D eigenvalue weighted by atomic mass is 16.6. The van der Waals surface area contributed by atoms with Gasteiger partial charge < -0.3 is 38.8 Å². The maximum Gasteiger partial charge on any atom is 0.333 e. The van der Waals surface area contributed by atoms with Crippen LogP contribution in [-0.2, 0) is 54.8 Å². The van der Waals surface area contributed by atoms with Crippen LogP contribution in [0.3, 0.4) is 0 Å². The van der Waals surface area contributed by atoms with Gasteiger partial charge in [-0.05, 0) is 73.7 Å². The van der Waals surface area contributed by atoms with Gasteiger partial charge in [0.15, 0.2) is 12.2 Å². The minimum atomic E-state index is -0.971. The SMILES string of the molecule is CCCOC(Cc1ccc(OCC(C)=NOCc2ccccc2)cc1)C(=O)O.CCOC(Cc1cccc(OCC(C)=NOCc2ccccc2)c1)C(=O)O. The van der Waals surface area contributed by atoms with E-state index in [1.807, 2.05) is 130 Å². The second kappa shape index (κ2) is 25.3. The lowest BCUT2D eigenvalue weighted by Crippen LogP contribution is -2.26. The van der Waals surface area contributed by atoms with E-state index in [-0.39, 0.29) is 13.0 Å². The second-order valence-electron chi connectivity index (χ2n) is 12.4. The molecule has 294 valence electrons. The van der Waals surface area contributed by atoms with Crippen molar-refractivity contribution >= 4 is 23.4 Å². The van der Waals surface area contributed by atoms with Crippen LogP contribution in [0.1, 0.15) is 56.4 Å². The molecule has 4 rings (SSSR count). The predicted molar refractivity (Wildman–Crippen MR) is 211 cm³/mol. The van der Waals surface area contributed by atoms with Crippen molar-refractivity contribution in [1.29, 1.82) is 0 Å². The van der Waals surface area contributed by atoms with E-state index in [4.69, 9.17) is 28.6 Å². The van der Waals surface area contributed by atoms with Gasteiger partial charge in [-0.15, -0.1) is 0 Å². The number of aliphatic carboxylic acids is 2. The molecular weight excluding hydrogens is 704 g/mol. The highest BCUT2D eigenvalue weighted by Gasteiger charge is 2.19. The van der Waals surface area contributed by atoms with Gasteiger partial charge in [0, 0.05) is 26.1 Å². The summed E-state index contributed by atoms with van der Waals surface area (Å²) in [7, 11) is 0. The van der Waals surface area contributed by atoms with E-state index in [9.17, 15) is 19.8 Å². The number of benzene rings is 4. The van der Waals surface area contributed by atoms with Crippen molar-refractivity contribution in [3.8, 4) is 11.5 Å². The maximum atomic E-state index is 11.3. The molecule has 0 aliphatic carbocycles. The quantitative estimate of drug-likeness (QED) is 0.0567. The molecule has 0 saturated carbocycles. The largest absolute Gasteiger partial charge is 0.488 e. The summed E-state index contributed by atoms with van der Waals surface area (Å²) in [6, 6.07) is 34.2. The molecule has 4 aromatic rings. The van der Waals surface area contributed by atoms with Gasteiger partial charge in [-0.25, -0.2) is 9.59 Å². The Morgan fingerprint density at radius 2 is 1.07 bits per heavy atom. The Morgan fingerprint density at radius 1 is 0.582 bits per heavy atom. The molecule has 12 heteroatoms. The Balaban J connectivity index is 0.000000296. The van der Waals surface area contributed by atoms with Gasteiger partial charge in [0.2, 0.25) is 0 Å². The molecule has 0 bridgehead atoms. The number of oxime groups is 2. The van der Waals surface area contributed by atoms with E-state index in [1.165, 1.54) is 0 Å². The fourth-order valence-electron chi connectivity index (χ4n) is 4.82. The van der Waals surface area contributed by atoms with Crippen molar-refractivity contribution in [3.05, 3.63) is 131 Å². The number of carboxylic acids is 2. The lowest BCUT2D eigenvalue weighted by atomic mass is 10.1. The van der Waals surface area contributed by atoms with Crippen LogP contribution in [0.25, 0.3) is 0 Å². The summed E-state index contributed by atoms with van der Waals surface area (Å²) in [6.07, 6.45) is -0.299. The molecule has 55 heavy (non-hydrogen) atoms. The zero-order valence-corrected chi connectivity index (χ0v) is 32.0. The van der Waals surface area contributed by atoms with Crippen LogP contribution in [0.4, 0.5) is 0 Å².